The van der Waals surface area contributed by atoms with Crippen molar-refractivity contribution in [2.24, 2.45) is 5.73 Å². The minimum atomic E-state index is -0.431. The second-order valence-electron chi connectivity index (χ2n) is 6.78. The van der Waals surface area contributed by atoms with Gasteiger partial charge in [0.05, 0.1) is 12.1 Å². The number of rotatable bonds is 5. The normalized spacial score (nSPS) is 11.3. The summed E-state index contributed by atoms with van der Waals surface area (Å²) in [7, 11) is 0. The number of aromatic nitrogens is 1. The molecule has 4 heteroatoms. The number of carbonyl (C=O) groups excluding carboxylic acids is 1. The number of aryl methyl sites for hydroxylation is 1. The van der Waals surface area contributed by atoms with Crippen molar-refractivity contribution >= 4 is 27.7 Å². The summed E-state index contributed by atoms with van der Waals surface area (Å²) in [5, 5.41) is 11.4. The van der Waals surface area contributed by atoms with Gasteiger partial charge in [0.2, 0.25) is 5.91 Å². The molecule has 4 rings (SSSR count). The highest BCUT2D eigenvalue weighted by atomic mass is 16.3. The topological polar surface area (TPSA) is 68.2 Å². The van der Waals surface area contributed by atoms with Gasteiger partial charge in [-0.15, -0.1) is 0 Å². The summed E-state index contributed by atoms with van der Waals surface area (Å²) in [5.74, 6) is -0.431. The van der Waals surface area contributed by atoms with Gasteiger partial charge in [-0.3, -0.25) is 4.79 Å². The largest absolute Gasteiger partial charge is 0.392 e. The number of amides is 1. The zero-order valence-electron chi connectivity index (χ0n) is 15.3. The van der Waals surface area contributed by atoms with Gasteiger partial charge in [-0.1, -0.05) is 49.4 Å². The Kier molecular flexibility index (Phi) is 4.42. The maximum absolute atomic E-state index is 12.0. The minimum absolute atomic E-state index is 0.0221. The molecule has 1 amide bonds. The molecule has 3 aromatic carbocycles. The van der Waals surface area contributed by atoms with Crippen LogP contribution in [-0.2, 0) is 19.6 Å². The van der Waals surface area contributed by atoms with Crippen LogP contribution < -0.4 is 5.73 Å². The van der Waals surface area contributed by atoms with E-state index in [1.807, 2.05) is 30.3 Å². The fourth-order valence-electron chi connectivity index (χ4n) is 3.89. The van der Waals surface area contributed by atoms with E-state index in [1.54, 1.807) is 6.07 Å². The summed E-state index contributed by atoms with van der Waals surface area (Å²) in [6.45, 7) is 2.83. The van der Waals surface area contributed by atoms with E-state index in [4.69, 9.17) is 5.73 Å². The van der Waals surface area contributed by atoms with Crippen molar-refractivity contribution in [2.45, 2.75) is 26.5 Å². The first-order valence-electron chi connectivity index (χ1n) is 9.15. The van der Waals surface area contributed by atoms with E-state index in [0.29, 0.717) is 12.1 Å². The number of aliphatic hydroxyl groups is 1. The molecule has 1 aromatic heterocycles. The Morgan fingerprint density at radius 1 is 1.00 bits per heavy atom. The number of fused-ring (bicyclic) bond motifs is 3. The highest BCUT2D eigenvalue weighted by Gasteiger charge is 2.17. The smallest absolute Gasteiger partial charge is 0.249 e. The number of carbonyl (C=O) groups is 1. The van der Waals surface area contributed by atoms with Crippen LogP contribution in [0, 0.1) is 0 Å². The molecule has 1 heterocycles. The first kappa shape index (κ1) is 17.3. The molecule has 0 radical (unpaired) electrons. The monoisotopic (exact) mass is 358 g/mol. The molecule has 0 saturated heterocycles. The molecule has 0 atom stereocenters. The number of hydrogen-bond acceptors (Lipinski definition) is 2. The molecule has 0 aliphatic carbocycles. The molecule has 0 spiro atoms. The average molecular weight is 358 g/mol. The van der Waals surface area contributed by atoms with Crippen molar-refractivity contribution < 1.29 is 9.90 Å². The Balaban J connectivity index is 2.05. The van der Waals surface area contributed by atoms with E-state index in [9.17, 15) is 9.90 Å². The lowest BCUT2D eigenvalue weighted by molar-refractivity contribution is 0.100. The Morgan fingerprint density at radius 3 is 2.48 bits per heavy atom. The van der Waals surface area contributed by atoms with Gasteiger partial charge in [0, 0.05) is 28.4 Å². The van der Waals surface area contributed by atoms with Crippen LogP contribution in [0.1, 0.15) is 34.0 Å². The van der Waals surface area contributed by atoms with Crippen LogP contribution in [0.4, 0.5) is 0 Å². The lowest BCUT2D eigenvalue weighted by Crippen LogP contribution is -2.11. The van der Waals surface area contributed by atoms with Crippen LogP contribution >= 0.6 is 0 Å². The third kappa shape index (κ3) is 2.88. The van der Waals surface area contributed by atoms with Gasteiger partial charge in [0.1, 0.15) is 0 Å². The summed E-state index contributed by atoms with van der Waals surface area (Å²) < 4.78 is 2.21. The minimum Gasteiger partial charge on any atom is -0.392 e. The third-order valence-electron chi connectivity index (χ3n) is 5.23. The van der Waals surface area contributed by atoms with Gasteiger partial charge in [-0.05, 0) is 41.3 Å². The van der Waals surface area contributed by atoms with Crippen molar-refractivity contribution in [1.29, 1.82) is 0 Å². The van der Waals surface area contributed by atoms with Gasteiger partial charge >= 0.3 is 0 Å². The second-order valence-corrected chi connectivity index (χ2v) is 6.78. The van der Waals surface area contributed by atoms with Gasteiger partial charge in [0.25, 0.3) is 0 Å². The summed E-state index contributed by atoms with van der Waals surface area (Å²) in [6, 6.07) is 19.9. The van der Waals surface area contributed by atoms with E-state index in [1.165, 1.54) is 11.1 Å². The molecule has 0 saturated carbocycles. The number of nitrogens with two attached hydrogens (primary N) is 1. The van der Waals surface area contributed by atoms with Crippen LogP contribution in [0.5, 0.6) is 0 Å². The summed E-state index contributed by atoms with van der Waals surface area (Å²) >= 11 is 0. The van der Waals surface area contributed by atoms with Crippen LogP contribution in [-0.4, -0.2) is 15.6 Å². The van der Waals surface area contributed by atoms with Crippen molar-refractivity contribution in [3.63, 3.8) is 0 Å². The van der Waals surface area contributed by atoms with Crippen LogP contribution in [0.15, 0.2) is 60.7 Å². The third-order valence-corrected chi connectivity index (χ3v) is 5.23. The van der Waals surface area contributed by atoms with Crippen LogP contribution in [0.2, 0.25) is 0 Å². The predicted molar refractivity (Wildman–Crippen MR) is 109 cm³/mol. The van der Waals surface area contributed by atoms with Crippen molar-refractivity contribution in [3.05, 3.63) is 82.9 Å². The lowest BCUT2D eigenvalue weighted by atomic mass is 10.0. The van der Waals surface area contributed by atoms with Crippen molar-refractivity contribution in [3.8, 4) is 0 Å². The molecule has 0 aliphatic rings. The summed E-state index contributed by atoms with van der Waals surface area (Å²) in [5.41, 5.74) is 11.5. The zero-order chi connectivity index (χ0) is 19.0. The molecule has 0 unspecified atom stereocenters. The highest BCUT2D eigenvalue weighted by molar-refractivity contribution is 6.17. The average Bonchev–Trinajstić information content (AvgIpc) is 3.01. The Bertz CT molecular complexity index is 1160. The van der Waals surface area contributed by atoms with Crippen molar-refractivity contribution in [2.75, 3.05) is 0 Å². The van der Waals surface area contributed by atoms with Crippen LogP contribution in [0.25, 0.3) is 21.8 Å². The van der Waals surface area contributed by atoms with Gasteiger partial charge in [-0.25, -0.2) is 0 Å². The fourth-order valence-corrected chi connectivity index (χ4v) is 3.89. The number of primary amides is 1. The van der Waals surface area contributed by atoms with Gasteiger partial charge in [0.15, 0.2) is 0 Å². The first-order valence-corrected chi connectivity index (χ1v) is 9.15. The number of hydrogen-bond donors (Lipinski definition) is 2. The lowest BCUT2D eigenvalue weighted by Gasteiger charge is -2.12. The van der Waals surface area contributed by atoms with E-state index in [2.05, 4.69) is 35.8 Å². The molecule has 0 bridgehead atoms. The second kappa shape index (κ2) is 6.89. The molecular weight excluding hydrogens is 336 g/mol. The molecular formula is C23H22N2O2. The quantitative estimate of drug-likeness (QED) is 0.566. The SMILES string of the molecule is CCc1ccccc1Cn1c2cc(CO)ccc2c2c(C(N)=O)cccc21. The summed E-state index contributed by atoms with van der Waals surface area (Å²) in [6.07, 6.45) is 0.960. The van der Waals surface area contributed by atoms with Gasteiger partial charge in [-0.2, -0.15) is 0 Å². The summed E-state index contributed by atoms with van der Waals surface area (Å²) in [4.78, 5) is 12.0. The van der Waals surface area contributed by atoms with E-state index in [-0.39, 0.29) is 6.61 Å². The van der Waals surface area contributed by atoms with E-state index >= 15 is 0 Å². The highest BCUT2D eigenvalue weighted by Crippen LogP contribution is 2.33. The number of benzene rings is 3. The molecule has 3 N–H and O–H groups in total. The Labute approximate surface area is 157 Å². The van der Waals surface area contributed by atoms with E-state index < -0.39 is 5.91 Å². The molecule has 0 aliphatic heterocycles. The molecule has 0 fully saturated rings. The maximum Gasteiger partial charge on any atom is 0.249 e. The van der Waals surface area contributed by atoms with Gasteiger partial charge < -0.3 is 15.4 Å². The molecule has 4 aromatic rings. The molecule has 27 heavy (non-hydrogen) atoms. The maximum atomic E-state index is 12.0. The number of nitrogens with zero attached hydrogens (tertiary/aromatic N) is 1. The Hall–Kier alpha value is -3.11. The van der Waals surface area contributed by atoms with Crippen molar-refractivity contribution in [1.82, 2.24) is 4.57 Å². The first-order chi connectivity index (χ1) is 13.1. The zero-order valence-corrected chi connectivity index (χ0v) is 15.3. The number of aliphatic hydroxyl groups excluding tert-OH is 1. The molecule has 4 nitrogen and oxygen atoms in total. The van der Waals surface area contributed by atoms with E-state index in [0.717, 1.165) is 33.8 Å². The standard InChI is InChI=1S/C23H22N2O2/c1-2-16-6-3-4-7-17(16)13-25-20-9-5-8-19(23(24)27)22(20)18-11-10-15(14-26)12-21(18)25/h3-12,26H,2,13-14H2,1H3,(H2,24,27). The predicted octanol–water partition coefficient (Wildman–Crippen LogP) is 4.00. The van der Waals surface area contributed by atoms with Crippen LogP contribution in [0.3, 0.4) is 0 Å². The fraction of sp³-hybridized carbons (Fsp3) is 0.174. The molecule has 136 valence electrons. The Morgan fingerprint density at radius 2 is 1.78 bits per heavy atom.